The van der Waals surface area contributed by atoms with Gasteiger partial charge in [-0.2, -0.15) is 0 Å². The number of hydrogen-bond acceptors (Lipinski definition) is 5. The van der Waals surface area contributed by atoms with Crippen molar-refractivity contribution in [2.75, 3.05) is 24.7 Å². The van der Waals surface area contributed by atoms with E-state index < -0.39 is 0 Å². The fourth-order valence-electron chi connectivity index (χ4n) is 3.30. The van der Waals surface area contributed by atoms with E-state index in [-0.39, 0.29) is 18.6 Å². The van der Waals surface area contributed by atoms with E-state index in [4.69, 9.17) is 14.5 Å². The number of aryl methyl sites for hydroxylation is 2. The molecule has 146 valence electrons. The van der Waals surface area contributed by atoms with Gasteiger partial charge in [0, 0.05) is 6.61 Å². The van der Waals surface area contributed by atoms with Crippen LogP contribution in [0, 0.1) is 13.8 Å². The van der Waals surface area contributed by atoms with Crippen molar-refractivity contribution in [1.29, 1.82) is 0 Å². The number of para-hydroxylation sites is 1. The first-order valence-corrected chi connectivity index (χ1v) is 10.4. The highest BCUT2D eigenvalue weighted by Gasteiger charge is 2.26. The topological polar surface area (TPSA) is 51.7 Å². The number of carbonyl (C=O) groups excluding carboxylic acids is 1. The van der Waals surface area contributed by atoms with Gasteiger partial charge in [0.2, 0.25) is 0 Å². The van der Waals surface area contributed by atoms with E-state index in [1.807, 2.05) is 30.3 Å². The van der Waals surface area contributed by atoms with E-state index in [0.717, 1.165) is 29.7 Å². The van der Waals surface area contributed by atoms with Gasteiger partial charge in [0.25, 0.3) is 5.91 Å². The number of anilines is 1. The monoisotopic (exact) mass is 396 g/mol. The second-order valence-electron chi connectivity index (χ2n) is 7.14. The Kier molecular flexibility index (Phi) is 5.59. The summed E-state index contributed by atoms with van der Waals surface area (Å²) in [4.78, 5) is 19.5. The molecule has 6 heteroatoms. The average Bonchev–Trinajstić information content (AvgIpc) is 3.35. The minimum absolute atomic E-state index is 0.0231. The van der Waals surface area contributed by atoms with Crippen molar-refractivity contribution >= 4 is 32.6 Å². The van der Waals surface area contributed by atoms with Crippen molar-refractivity contribution in [1.82, 2.24) is 4.98 Å². The van der Waals surface area contributed by atoms with Crippen LogP contribution in [0.5, 0.6) is 5.75 Å². The molecule has 1 saturated heterocycles. The van der Waals surface area contributed by atoms with Gasteiger partial charge in [-0.1, -0.05) is 29.5 Å². The van der Waals surface area contributed by atoms with Gasteiger partial charge in [-0.3, -0.25) is 9.69 Å². The Morgan fingerprint density at radius 2 is 2.04 bits per heavy atom. The predicted octanol–water partition coefficient (Wildman–Crippen LogP) is 4.50. The number of rotatable bonds is 6. The molecule has 1 aromatic heterocycles. The summed E-state index contributed by atoms with van der Waals surface area (Å²) >= 11 is 1.54. The zero-order chi connectivity index (χ0) is 19.5. The summed E-state index contributed by atoms with van der Waals surface area (Å²) in [5.41, 5.74) is 3.36. The van der Waals surface area contributed by atoms with Crippen LogP contribution in [-0.4, -0.2) is 36.8 Å². The molecule has 4 rings (SSSR count). The van der Waals surface area contributed by atoms with Crippen LogP contribution in [0.2, 0.25) is 0 Å². The van der Waals surface area contributed by atoms with Gasteiger partial charge in [-0.15, -0.1) is 0 Å². The molecule has 2 heterocycles. The van der Waals surface area contributed by atoms with Gasteiger partial charge in [0.05, 0.1) is 22.9 Å². The summed E-state index contributed by atoms with van der Waals surface area (Å²) in [7, 11) is 0. The minimum Gasteiger partial charge on any atom is -0.484 e. The Morgan fingerprint density at radius 3 is 2.79 bits per heavy atom. The molecule has 0 radical (unpaired) electrons. The van der Waals surface area contributed by atoms with Gasteiger partial charge in [0.1, 0.15) is 5.75 Å². The Hall–Kier alpha value is -2.44. The van der Waals surface area contributed by atoms with Crippen LogP contribution in [0.15, 0.2) is 42.5 Å². The van der Waals surface area contributed by atoms with Crippen molar-refractivity contribution in [2.24, 2.45) is 0 Å². The lowest BCUT2D eigenvalue weighted by Crippen LogP contribution is -2.40. The van der Waals surface area contributed by atoms with Crippen molar-refractivity contribution in [2.45, 2.75) is 32.8 Å². The third-order valence-electron chi connectivity index (χ3n) is 5.04. The number of thiazole rings is 1. The Labute approximate surface area is 168 Å². The Morgan fingerprint density at radius 1 is 1.25 bits per heavy atom. The molecule has 0 N–H and O–H groups in total. The van der Waals surface area contributed by atoms with E-state index in [1.165, 1.54) is 11.1 Å². The maximum Gasteiger partial charge on any atom is 0.266 e. The number of carbonyl (C=O) groups is 1. The molecular weight excluding hydrogens is 372 g/mol. The lowest BCUT2D eigenvalue weighted by atomic mass is 10.1. The standard InChI is InChI=1S/C22H24N2O3S/c1-15-11-19-20(12-16(15)2)28-22(23-19)24(13-18-9-6-10-26-18)21(25)14-27-17-7-4-3-5-8-17/h3-5,7-8,11-12,18H,6,9-10,13-14H2,1-2H3. The van der Waals surface area contributed by atoms with Gasteiger partial charge in [-0.05, 0) is 62.1 Å². The highest BCUT2D eigenvalue weighted by molar-refractivity contribution is 7.22. The number of fused-ring (bicyclic) bond motifs is 1. The third-order valence-corrected chi connectivity index (χ3v) is 6.08. The molecular formula is C22H24N2O3S. The molecule has 5 nitrogen and oxygen atoms in total. The second kappa shape index (κ2) is 8.29. The van der Waals surface area contributed by atoms with Crippen molar-refractivity contribution in [3.8, 4) is 5.75 Å². The fraction of sp³-hybridized carbons (Fsp3) is 0.364. The van der Waals surface area contributed by atoms with Crippen LogP contribution in [0.3, 0.4) is 0 Å². The van der Waals surface area contributed by atoms with Crippen LogP contribution >= 0.6 is 11.3 Å². The van der Waals surface area contributed by atoms with Crippen LogP contribution in [0.25, 0.3) is 10.2 Å². The maximum atomic E-state index is 13.0. The molecule has 1 atom stereocenters. The highest BCUT2D eigenvalue weighted by Crippen LogP contribution is 2.31. The van der Waals surface area contributed by atoms with Crippen LogP contribution in [0.4, 0.5) is 5.13 Å². The molecule has 3 aromatic rings. The van der Waals surface area contributed by atoms with Gasteiger partial charge >= 0.3 is 0 Å². The zero-order valence-corrected chi connectivity index (χ0v) is 17.0. The normalized spacial score (nSPS) is 16.4. The summed E-state index contributed by atoms with van der Waals surface area (Å²) in [5.74, 6) is 0.579. The largest absolute Gasteiger partial charge is 0.484 e. The number of benzene rings is 2. The van der Waals surface area contributed by atoms with Gasteiger partial charge in [-0.25, -0.2) is 4.98 Å². The van der Waals surface area contributed by atoms with Crippen LogP contribution in [-0.2, 0) is 9.53 Å². The first-order chi connectivity index (χ1) is 13.6. The molecule has 1 aliphatic rings. The smallest absolute Gasteiger partial charge is 0.266 e. The van der Waals surface area contributed by atoms with E-state index in [1.54, 1.807) is 16.2 Å². The number of nitrogens with zero attached hydrogens (tertiary/aromatic N) is 2. The fourth-order valence-corrected chi connectivity index (χ4v) is 4.37. The zero-order valence-electron chi connectivity index (χ0n) is 16.2. The Balaban J connectivity index is 1.58. The minimum atomic E-state index is -0.105. The number of aromatic nitrogens is 1. The molecule has 28 heavy (non-hydrogen) atoms. The summed E-state index contributed by atoms with van der Waals surface area (Å²) in [6.07, 6.45) is 2.05. The Bertz CT molecular complexity index is 926. The van der Waals surface area contributed by atoms with Crippen LogP contribution < -0.4 is 9.64 Å². The molecule has 1 unspecified atom stereocenters. The van der Waals surface area contributed by atoms with E-state index in [0.29, 0.717) is 17.4 Å². The number of ether oxygens (including phenoxy) is 2. The molecule has 1 amide bonds. The van der Waals surface area contributed by atoms with Crippen molar-refractivity contribution in [3.05, 3.63) is 53.6 Å². The lowest BCUT2D eigenvalue weighted by Gasteiger charge is -2.23. The quantitative estimate of drug-likeness (QED) is 0.615. The first-order valence-electron chi connectivity index (χ1n) is 9.58. The lowest BCUT2D eigenvalue weighted by molar-refractivity contribution is -0.120. The summed E-state index contributed by atoms with van der Waals surface area (Å²) in [6, 6.07) is 13.6. The SMILES string of the molecule is Cc1cc2nc(N(CC3CCCO3)C(=O)COc3ccccc3)sc2cc1C. The van der Waals surface area contributed by atoms with E-state index in [9.17, 15) is 4.79 Å². The molecule has 1 fully saturated rings. The molecule has 0 bridgehead atoms. The number of amides is 1. The van der Waals surface area contributed by atoms with E-state index in [2.05, 4.69) is 26.0 Å². The molecule has 1 aliphatic heterocycles. The molecule has 0 spiro atoms. The summed E-state index contributed by atoms with van der Waals surface area (Å²) < 4.78 is 12.6. The predicted molar refractivity (Wildman–Crippen MR) is 112 cm³/mol. The second-order valence-corrected chi connectivity index (χ2v) is 8.15. The average molecular weight is 397 g/mol. The van der Waals surface area contributed by atoms with Gasteiger partial charge < -0.3 is 9.47 Å². The highest BCUT2D eigenvalue weighted by atomic mass is 32.1. The number of hydrogen-bond donors (Lipinski definition) is 0. The molecule has 0 aliphatic carbocycles. The third kappa shape index (κ3) is 4.18. The maximum absolute atomic E-state index is 13.0. The molecule has 0 saturated carbocycles. The summed E-state index contributed by atoms with van der Waals surface area (Å²) in [6.45, 7) is 5.42. The molecule has 2 aromatic carbocycles. The van der Waals surface area contributed by atoms with Crippen molar-refractivity contribution in [3.63, 3.8) is 0 Å². The summed E-state index contributed by atoms with van der Waals surface area (Å²) in [5, 5.41) is 0.706. The van der Waals surface area contributed by atoms with Crippen molar-refractivity contribution < 1.29 is 14.3 Å². The van der Waals surface area contributed by atoms with Gasteiger partial charge in [0.15, 0.2) is 11.7 Å². The first kappa shape index (κ1) is 18.9. The van der Waals surface area contributed by atoms with Crippen LogP contribution in [0.1, 0.15) is 24.0 Å². The van der Waals surface area contributed by atoms with E-state index >= 15 is 0 Å².